The number of rotatable bonds is 1. The van der Waals surface area contributed by atoms with Crippen molar-refractivity contribution in [1.82, 2.24) is 15.5 Å². The molecule has 1 fully saturated rings. The van der Waals surface area contributed by atoms with Crippen LogP contribution >= 0.6 is 0 Å². The Balaban J connectivity index is 1.94. The molecule has 2 rings (SSSR count). The molecule has 17 heavy (non-hydrogen) atoms. The molecule has 1 saturated carbocycles. The van der Waals surface area contributed by atoms with Crippen molar-refractivity contribution in [1.29, 1.82) is 5.26 Å². The van der Waals surface area contributed by atoms with E-state index in [2.05, 4.69) is 34.4 Å². The number of aliphatic imine (C=N–C) groups is 1. The van der Waals surface area contributed by atoms with Crippen molar-refractivity contribution in [2.45, 2.75) is 39.2 Å². The summed E-state index contributed by atoms with van der Waals surface area (Å²) >= 11 is 0. The fourth-order valence-corrected chi connectivity index (χ4v) is 2.87. The van der Waals surface area contributed by atoms with Gasteiger partial charge < -0.3 is 5.32 Å². The summed E-state index contributed by atoms with van der Waals surface area (Å²) in [6.07, 6.45) is 5.82. The third-order valence-electron chi connectivity index (χ3n) is 4.17. The minimum absolute atomic E-state index is 0.597. The summed E-state index contributed by atoms with van der Waals surface area (Å²) in [5.41, 5.74) is 0. The Morgan fingerprint density at radius 3 is 2.94 bits per heavy atom. The predicted octanol–water partition coefficient (Wildman–Crippen LogP) is 1.06. The van der Waals surface area contributed by atoms with E-state index in [1.807, 2.05) is 6.19 Å². The third kappa shape index (κ3) is 2.70. The van der Waals surface area contributed by atoms with Gasteiger partial charge in [0.25, 0.3) is 0 Å². The van der Waals surface area contributed by atoms with E-state index in [1.54, 1.807) is 0 Å². The van der Waals surface area contributed by atoms with Crippen LogP contribution in [0.4, 0.5) is 0 Å². The summed E-state index contributed by atoms with van der Waals surface area (Å²) in [5, 5.41) is 14.2. The lowest BCUT2D eigenvalue weighted by Crippen LogP contribution is -2.53. The molecule has 5 heteroatoms. The Kier molecular flexibility index (Phi) is 3.85. The molecular weight excluding hydrogens is 214 g/mol. The summed E-state index contributed by atoms with van der Waals surface area (Å²) in [6, 6.07) is 0.624. The molecule has 0 spiro atoms. The lowest BCUT2D eigenvalue weighted by Gasteiger charge is -2.42. The molecule has 5 nitrogen and oxygen atoms in total. The van der Waals surface area contributed by atoms with Crippen molar-refractivity contribution in [3.8, 4) is 6.19 Å². The number of guanidine groups is 1. The molecule has 0 aromatic heterocycles. The molecule has 0 unspecified atom stereocenters. The van der Waals surface area contributed by atoms with E-state index in [4.69, 9.17) is 5.26 Å². The number of nitrogens with one attached hydrogen (secondary N) is 2. The number of nitriles is 1. The van der Waals surface area contributed by atoms with Crippen molar-refractivity contribution in [3.05, 3.63) is 0 Å². The van der Waals surface area contributed by atoms with Gasteiger partial charge in [0.2, 0.25) is 5.96 Å². The van der Waals surface area contributed by atoms with Gasteiger partial charge in [0.15, 0.2) is 6.19 Å². The maximum atomic E-state index is 8.51. The molecule has 3 atom stereocenters. The quantitative estimate of drug-likeness (QED) is 0.527. The number of hydrogen-bond acceptors (Lipinski definition) is 5. The molecular formula is C12H21N5. The molecule has 0 aromatic rings. The Bertz CT molecular complexity index is 332. The predicted molar refractivity (Wildman–Crippen MR) is 66.9 cm³/mol. The van der Waals surface area contributed by atoms with Crippen LogP contribution in [0.3, 0.4) is 0 Å². The van der Waals surface area contributed by atoms with Gasteiger partial charge in [-0.05, 0) is 18.3 Å². The second kappa shape index (κ2) is 5.37. The van der Waals surface area contributed by atoms with E-state index in [-0.39, 0.29) is 0 Å². The molecule has 0 aromatic carbocycles. The molecule has 0 bridgehead atoms. The van der Waals surface area contributed by atoms with E-state index in [9.17, 15) is 0 Å². The zero-order chi connectivity index (χ0) is 12.3. The molecule has 1 aliphatic carbocycles. The van der Waals surface area contributed by atoms with Gasteiger partial charge in [-0.1, -0.05) is 26.7 Å². The van der Waals surface area contributed by atoms with Gasteiger partial charge in [-0.15, -0.1) is 0 Å². The van der Waals surface area contributed by atoms with Crippen LogP contribution in [-0.2, 0) is 0 Å². The summed E-state index contributed by atoms with van der Waals surface area (Å²) in [7, 11) is 0. The maximum Gasteiger partial charge on any atom is 0.207 e. The summed E-state index contributed by atoms with van der Waals surface area (Å²) < 4.78 is 0. The Morgan fingerprint density at radius 1 is 1.47 bits per heavy atom. The fourth-order valence-electron chi connectivity index (χ4n) is 2.87. The molecule has 2 N–H and O–H groups in total. The number of nitrogens with zero attached hydrogens (tertiary/aromatic N) is 3. The van der Waals surface area contributed by atoms with Crippen LogP contribution in [-0.4, -0.2) is 30.2 Å². The van der Waals surface area contributed by atoms with E-state index in [1.165, 1.54) is 19.3 Å². The highest BCUT2D eigenvalue weighted by atomic mass is 15.4. The molecule has 2 aliphatic rings. The highest BCUT2D eigenvalue weighted by Crippen LogP contribution is 2.32. The Morgan fingerprint density at radius 2 is 2.29 bits per heavy atom. The lowest BCUT2D eigenvalue weighted by molar-refractivity contribution is 0.0767. The average Bonchev–Trinajstić information content (AvgIpc) is 2.34. The van der Waals surface area contributed by atoms with Crippen molar-refractivity contribution in [2.24, 2.45) is 16.8 Å². The minimum Gasteiger partial charge on any atom is -0.343 e. The first kappa shape index (κ1) is 12.2. The van der Waals surface area contributed by atoms with Gasteiger partial charge in [0, 0.05) is 6.04 Å². The first-order valence-corrected chi connectivity index (χ1v) is 6.40. The second-order valence-corrected chi connectivity index (χ2v) is 5.14. The number of hydrogen-bond donors (Lipinski definition) is 2. The smallest absolute Gasteiger partial charge is 0.207 e. The maximum absolute atomic E-state index is 8.51. The fraction of sp³-hybridized carbons (Fsp3) is 0.833. The van der Waals surface area contributed by atoms with Crippen LogP contribution in [0.1, 0.15) is 33.1 Å². The van der Waals surface area contributed by atoms with Crippen molar-refractivity contribution in [3.63, 3.8) is 0 Å². The topological polar surface area (TPSA) is 63.5 Å². The largest absolute Gasteiger partial charge is 0.343 e. The summed E-state index contributed by atoms with van der Waals surface area (Å²) in [6.45, 7) is 6.18. The van der Waals surface area contributed by atoms with E-state index < -0.39 is 0 Å². The van der Waals surface area contributed by atoms with Crippen LogP contribution in [0, 0.1) is 23.3 Å². The highest BCUT2D eigenvalue weighted by molar-refractivity contribution is 5.81. The van der Waals surface area contributed by atoms with Gasteiger partial charge in [-0.3, -0.25) is 10.2 Å². The molecule has 1 aliphatic heterocycles. The Hall–Kier alpha value is -1.28. The van der Waals surface area contributed by atoms with Crippen molar-refractivity contribution >= 4 is 5.96 Å². The highest BCUT2D eigenvalue weighted by Gasteiger charge is 2.32. The van der Waals surface area contributed by atoms with E-state index in [0.717, 1.165) is 18.5 Å². The zero-order valence-corrected chi connectivity index (χ0v) is 10.6. The van der Waals surface area contributed by atoms with Gasteiger partial charge in [-0.2, -0.15) is 5.26 Å². The molecule has 94 valence electrons. The molecule has 1 heterocycles. The zero-order valence-electron chi connectivity index (χ0n) is 10.6. The molecule has 0 amide bonds. The monoisotopic (exact) mass is 235 g/mol. The second-order valence-electron chi connectivity index (χ2n) is 5.14. The van der Waals surface area contributed by atoms with Gasteiger partial charge in [0.05, 0.1) is 13.3 Å². The van der Waals surface area contributed by atoms with Crippen LogP contribution in [0.25, 0.3) is 0 Å². The molecule has 0 radical (unpaired) electrons. The summed E-state index contributed by atoms with van der Waals surface area (Å²) in [4.78, 5) is 6.71. The summed E-state index contributed by atoms with van der Waals surface area (Å²) in [5.74, 6) is 2.13. The van der Waals surface area contributed by atoms with Gasteiger partial charge in [-0.25, -0.2) is 4.99 Å². The normalized spacial score (nSPS) is 34.4. The Labute approximate surface area is 103 Å². The minimum atomic E-state index is 0.597. The van der Waals surface area contributed by atoms with Gasteiger partial charge >= 0.3 is 0 Å². The average molecular weight is 235 g/mol. The van der Waals surface area contributed by atoms with Crippen LogP contribution in [0.5, 0.6) is 0 Å². The first-order chi connectivity index (χ1) is 8.22. The van der Waals surface area contributed by atoms with E-state index in [0.29, 0.717) is 18.7 Å². The van der Waals surface area contributed by atoms with Crippen LogP contribution in [0.15, 0.2) is 4.99 Å². The van der Waals surface area contributed by atoms with Crippen molar-refractivity contribution < 1.29 is 0 Å². The standard InChI is InChI=1S/C12H21N5/c1-9-4-3-5-11(10(9)2)17-7-15-12(14-6-13)16-8-17/h9-11H,3-5,7-8H2,1-2H3,(H2,14,15,16)/t9-,10-,11-/m1/s1. The molecule has 0 saturated heterocycles. The third-order valence-corrected chi connectivity index (χ3v) is 4.17. The van der Waals surface area contributed by atoms with E-state index >= 15 is 0 Å². The SMILES string of the molecule is C[C@@H]1[C@H](C)CCC[C@H]1N1CN=C(NC#N)NC1. The lowest BCUT2D eigenvalue weighted by atomic mass is 9.77. The van der Waals surface area contributed by atoms with Crippen molar-refractivity contribution in [2.75, 3.05) is 13.3 Å². The first-order valence-electron chi connectivity index (χ1n) is 6.40. The van der Waals surface area contributed by atoms with Crippen LogP contribution in [0.2, 0.25) is 0 Å². The van der Waals surface area contributed by atoms with Crippen LogP contribution < -0.4 is 10.6 Å². The van der Waals surface area contributed by atoms with Gasteiger partial charge in [0.1, 0.15) is 0 Å².